The maximum absolute atomic E-state index is 0. The number of rotatable bonds is 0. The van der Waals surface area contributed by atoms with E-state index in [1.807, 2.05) is 0 Å². The molecule has 0 atom stereocenters. The van der Waals surface area contributed by atoms with Gasteiger partial charge in [-0.15, -0.1) is 0 Å². The van der Waals surface area contributed by atoms with Crippen LogP contribution in [0.3, 0.4) is 0 Å². The topological polar surface area (TPSA) is 0 Å². The third-order valence-corrected chi connectivity index (χ3v) is 0. The minimum atomic E-state index is 0. The fourth-order valence-electron chi connectivity index (χ4n) is 0. The number of hydrogen-bond donors (Lipinski definition) is 0. The maximum Gasteiger partial charge on any atom is 0 e. The third-order valence-electron chi connectivity index (χ3n) is 0. The Morgan fingerprint density at radius 3 is 1.00 bits per heavy atom. The molecule has 0 aliphatic rings. The van der Waals surface area contributed by atoms with Gasteiger partial charge in [-0.05, 0) is 0 Å². The average Bonchev–Trinajstić information content (AvgIpc) is 0. The van der Waals surface area contributed by atoms with Gasteiger partial charge in [-0.2, -0.15) is 0 Å². The summed E-state index contributed by atoms with van der Waals surface area (Å²) in [6.07, 6.45) is 0. The maximum atomic E-state index is 0. The van der Waals surface area contributed by atoms with Crippen LogP contribution in [-0.4, -0.2) is 0 Å². The van der Waals surface area contributed by atoms with Crippen LogP contribution in [-0.2, 0) is 21.1 Å². The van der Waals surface area contributed by atoms with Crippen molar-refractivity contribution in [3.63, 3.8) is 0 Å². The Morgan fingerprint density at radius 2 is 1.00 bits per heavy atom. The molecule has 0 saturated heterocycles. The Morgan fingerprint density at radius 1 is 1.00 bits per heavy atom. The summed E-state index contributed by atoms with van der Waals surface area (Å²) in [4.78, 5) is 0. The van der Waals surface area contributed by atoms with Crippen LogP contribution < -0.4 is 0 Å². The van der Waals surface area contributed by atoms with E-state index in [9.17, 15) is 0 Å². The summed E-state index contributed by atoms with van der Waals surface area (Å²) in [5, 5.41) is 0. The molecule has 0 heterocycles. The van der Waals surface area contributed by atoms with Gasteiger partial charge in [0, 0.05) is 180 Å². The first kappa shape index (κ1) is 30.6. The van der Waals surface area contributed by atoms with Crippen molar-refractivity contribution >= 4 is 0 Å². The monoisotopic (exact) mass is 671 g/mol. The van der Waals surface area contributed by atoms with E-state index in [1.54, 1.807) is 0 Å². The first-order valence-corrected chi connectivity index (χ1v) is 0. The number of hydrogen-bond acceptors (Lipinski definition) is 0. The van der Waals surface area contributed by atoms with Gasteiger partial charge in [-0.3, -0.25) is 0 Å². The zero-order chi connectivity index (χ0) is 0. The summed E-state index contributed by atoms with van der Waals surface area (Å²) < 4.78 is 0. The molecule has 0 fully saturated rings. The molecule has 5 heavy (non-hydrogen) atoms. The van der Waals surface area contributed by atoms with Crippen LogP contribution in [0, 0.1) is 159 Å². The van der Waals surface area contributed by atoms with Crippen molar-refractivity contribution in [3.8, 4) is 0 Å². The van der Waals surface area contributed by atoms with Crippen LogP contribution in [0.2, 0.25) is 0 Å². The van der Waals surface area contributed by atoms with Gasteiger partial charge in [0.05, 0.1) is 0 Å². The van der Waals surface area contributed by atoms with E-state index >= 15 is 0 Å². The normalized spacial score (nSPS) is 0. The molecule has 0 N–H and O–H groups in total. The largest absolute Gasteiger partial charge is 0 e. The molecule has 23 valence electrons. The fraction of sp³-hybridized carbons (Fsp3) is 0. The van der Waals surface area contributed by atoms with E-state index in [1.165, 1.54) is 0 Å². The van der Waals surface area contributed by atoms with E-state index in [4.69, 9.17) is 0 Å². The van der Waals surface area contributed by atoms with Crippen molar-refractivity contribution in [3.05, 3.63) is 0 Å². The zero-order valence-electron chi connectivity index (χ0n) is 2.39. The van der Waals surface area contributed by atoms with E-state index in [0.717, 1.165) is 0 Å². The van der Waals surface area contributed by atoms with Crippen molar-refractivity contribution < 1.29 is 180 Å². The van der Waals surface area contributed by atoms with Gasteiger partial charge in [-0.1, -0.05) is 0 Å². The van der Waals surface area contributed by atoms with E-state index in [2.05, 4.69) is 0 Å². The van der Waals surface area contributed by atoms with Gasteiger partial charge in [-0.25, -0.2) is 0 Å². The van der Waals surface area contributed by atoms with Crippen molar-refractivity contribution in [2.45, 2.75) is 0 Å². The Hall–Kier alpha value is 5.95. The second-order valence-corrected chi connectivity index (χ2v) is 0. The smallest absolute Gasteiger partial charge is 0 e. The molecule has 0 aromatic rings. The Balaban J connectivity index is 0. The zero-order valence-corrected chi connectivity index (χ0v) is 17.0. The summed E-state index contributed by atoms with van der Waals surface area (Å²) in [7, 11) is 0. The van der Waals surface area contributed by atoms with Crippen molar-refractivity contribution in [1.82, 2.24) is 0 Å². The molecular formula is CeLaMoNdSm. The predicted molar refractivity (Wildman–Crippen MR) is 0 cm³/mol. The van der Waals surface area contributed by atoms with Crippen molar-refractivity contribution in [2.24, 2.45) is 0 Å². The van der Waals surface area contributed by atoms with E-state index in [-0.39, 0.29) is 180 Å². The van der Waals surface area contributed by atoms with Gasteiger partial charge in [0.15, 0.2) is 0 Å². The van der Waals surface area contributed by atoms with Gasteiger partial charge >= 0.3 is 0 Å². The summed E-state index contributed by atoms with van der Waals surface area (Å²) in [5.41, 5.74) is 0. The summed E-state index contributed by atoms with van der Waals surface area (Å²) >= 11 is 0. The van der Waals surface area contributed by atoms with Gasteiger partial charge in [0.2, 0.25) is 0 Å². The summed E-state index contributed by atoms with van der Waals surface area (Å²) in [6, 6.07) is 0. The molecule has 0 bridgehead atoms. The summed E-state index contributed by atoms with van der Waals surface area (Å²) in [5.74, 6) is 0. The molecule has 0 nitrogen and oxygen atoms in total. The molecule has 0 aliphatic carbocycles. The second-order valence-electron chi connectivity index (χ2n) is 0. The third kappa shape index (κ3) is 17.8. The molecule has 0 aromatic carbocycles. The Bertz CT molecular complexity index is 11.6. The quantitative estimate of drug-likeness (QED) is 0.319. The van der Waals surface area contributed by atoms with Crippen LogP contribution in [0.1, 0.15) is 0 Å². The van der Waals surface area contributed by atoms with Crippen LogP contribution in [0.4, 0.5) is 0 Å². The molecular weight excluding hydrogens is 670 g/mol. The Kier molecular flexibility index (Phi) is 138. The SMILES string of the molecule is [Ce].[La].[Mo].[Nd].[Sm]. The Labute approximate surface area is 173 Å². The molecule has 0 saturated carbocycles. The fourth-order valence-corrected chi connectivity index (χ4v) is 0. The van der Waals surface area contributed by atoms with Crippen molar-refractivity contribution in [2.75, 3.05) is 0 Å². The molecule has 5 heteroatoms. The molecule has 0 rings (SSSR count). The molecule has 1 radical (unpaired) electrons. The van der Waals surface area contributed by atoms with Gasteiger partial charge < -0.3 is 0 Å². The molecule has 0 aliphatic heterocycles. The molecule has 0 amide bonds. The van der Waals surface area contributed by atoms with Crippen LogP contribution in [0.5, 0.6) is 0 Å². The molecule has 0 spiro atoms. The predicted octanol–water partition coefficient (Wildman–Crippen LogP) is -0.00250. The van der Waals surface area contributed by atoms with E-state index in [0.29, 0.717) is 0 Å². The minimum absolute atomic E-state index is 0. The first-order chi connectivity index (χ1) is 0. The second kappa shape index (κ2) is 22.5. The van der Waals surface area contributed by atoms with Crippen LogP contribution in [0.25, 0.3) is 0 Å². The van der Waals surface area contributed by atoms with Crippen LogP contribution in [0.15, 0.2) is 0 Å². The van der Waals surface area contributed by atoms with Crippen molar-refractivity contribution in [1.29, 1.82) is 0 Å². The molecule has 0 unspecified atom stereocenters. The van der Waals surface area contributed by atoms with E-state index < -0.39 is 0 Å². The molecule has 0 aromatic heterocycles. The average molecular weight is 670 g/mol. The van der Waals surface area contributed by atoms with Gasteiger partial charge in [0.1, 0.15) is 0 Å². The summed E-state index contributed by atoms with van der Waals surface area (Å²) in [6.45, 7) is 0. The first-order valence-electron chi connectivity index (χ1n) is 0. The minimum Gasteiger partial charge on any atom is 0 e. The van der Waals surface area contributed by atoms with Crippen LogP contribution >= 0.6 is 0 Å². The van der Waals surface area contributed by atoms with Gasteiger partial charge in [0.25, 0.3) is 0 Å². The standard InChI is InChI=1S/Ce.La.Mo.Nd.Sm.